The summed E-state index contributed by atoms with van der Waals surface area (Å²) in [6.07, 6.45) is 2.14. The van der Waals surface area contributed by atoms with Crippen molar-refractivity contribution in [1.82, 2.24) is 9.97 Å². The number of nitrogens with zero attached hydrogens (tertiary/aromatic N) is 2. The van der Waals surface area contributed by atoms with E-state index in [2.05, 4.69) is 15.3 Å². The molecule has 0 spiro atoms. The number of benzene rings is 2. The Balaban J connectivity index is 1.54. The molecule has 6 nitrogen and oxygen atoms in total. The first-order valence-electron chi connectivity index (χ1n) is 9.62. The summed E-state index contributed by atoms with van der Waals surface area (Å²) in [6.45, 7) is 2.19. The van der Waals surface area contributed by atoms with E-state index in [9.17, 15) is 4.79 Å². The number of carbonyl (C=O) groups excluding carboxylic acids is 1. The highest BCUT2D eigenvalue weighted by atomic mass is 35.5. The van der Waals surface area contributed by atoms with E-state index < -0.39 is 0 Å². The zero-order chi connectivity index (χ0) is 21.8. The van der Waals surface area contributed by atoms with E-state index in [0.717, 1.165) is 22.2 Å². The van der Waals surface area contributed by atoms with Crippen LogP contribution in [0.4, 0.5) is 11.5 Å². The number of nitrogens with one attached hydrogen (secondary N) is 1. The van der Waals surface area contributed by atoms with Crippen LogP contribution < -0.4 is 10.1 Å². The third-order valence-electron chi connectivity index (χ3n) is 4.79. The topological polar surface area (TPSA) is 73.3 Å². The van der Waals surface area contributed by atoms with Crippen LogP contribution in [0.2, 0.25) is 5.02 Å². The average molecular weight is 454 g/mol. The van der Waals surface area contributed by atoms with Crippen LogP contribution in [0.5, 0.6) is 5.75 Å². The number of fused-ring (bicyclic) bond motifs is 1. The summed E-state index contributed by atoms with van der Waals surface area (Å²) in [7, 11) is 1.57. The van der Waals surface area contributed by atoms with Gasteiger partial charge in [-0.3, -0.25) is 0 Å². The normalized spacial score (nSPS) is 10.8. The number of halogens is 1. The Morgan fingerprint density at radius 2 is 1.97 bits per heavy atom. The smallest absolute Gasteiger partial charge is 0.348 e. The molecule has 158 valence electrons. The molecular formula is C23H20ClN3O3S. The number of anilines is 2. The highest BCUT2D eigenvalue weighted by Gasteiger charge is 2.20. The molecule has 2 aromatic carbocycles. The highest BCUT2D eigenvalue weighted by molar-refractivity contribution is 7.20. The molecular weight excluding hydrogens is 434 g/mol. The Morgan fingerprint density at radius 1 is 1.16 bits per heavy atom. The van der Waals surface area contributed by atoms with Gasteiger partial charge in [-0.05, 0) is 36.2 Å². The minimum Gasteiger partial charge on any atom is -0.495 e. The highest BCUT2D eigenvalue weighted by Crippen LogP contribution is 2.36. The maximum absolute atomic E-state index is 12.7. The Kier molecular flexibility index (Phi) is 6.34. The van der Waals surface area contributed by atoms with E-state index in [1.807, 2.05) is 43.3 Å². The van der Waals surface area contributed by atoms with E-state index >= 15 is 0 Å². The number of thiophene rings is 1. The summed E-state index contributed by atoms with van der Waals surface area (Å²) in [5, 5.41) is 4.54. The molecule has 31 heavy (non-hydrogen) atoms. The number of methoxy groups -OCH3 is 1. The lowest BCUT2D eigenvalue weighted by molar-refractivity contribution is 0.0514. The van der Waals surface area contributed by atoms with Crippen molar-refractivity contribution < 1.29 is 14.3 Å². The van der Waals surface area contributed by atoms with Crippen LogP contribution >= 0.6 is 22.9 Å². The van der Waals surface area contributed by atoms with Crippen LogP contribution in [0, 0.1) is 6.92 Å². The van der Waals surface area contributed by atoms with Gasteiger partial charge in [0.1, 0.15) is 27.6 Å². The van der Waals surface area contributed by atoms with Crippen molar-refractivity contribution in [2.24, 2.45) is 0 Å². The molecule has 0 unspecified atom stereocenters. The van der Waals surface area contributed by atoms with E-state index in [4.69, 9.17) is 21.1 Å². The Bertz CT molecular complexity index is 1230. The predicted octanol–water partition coefficient (Wildman–Crippen LogP) is 5.80. The van der Waals surface area contributed by atoms with Crippen molar-refractivity contribution in [3.8, 4) is 5.75 Å². The number of ether oxygens (including phenoxy) is 2. The number of carbonyl (C=O) groups is 1. The Labute approximate surface area is 188 Å². The fourth-order valence-electron chi connectivity index (χ4n) is 3.21. The lowest BCUT2D eigenvalue weighted by Crippen LogP contribution is -2.07. The molecule has 0 amide bonds. The summed E-state index contributed by atoms with van der Waals surface area (Å²) in [5.74, 6) is 0.838. The van der Waals surface area contributed by atoms with Crippen molar-refractivity contribution in [3.05, 3.63) is 75.9 Å². The van der Waals surface area contributed by atoms with Gasteiger partial charge < -0.3 is 14.8 Å². The van der Waals surface area contributed by atoms with Crippen molar-refractivity contribution in [1.29, 1.82) is 0 Å². The van der Waals surface area contributed by atoms with Crippen molar-refractivity contribution in [2.45, 2.75) is 13.3 Å². The molecule has 0 radical (unpaired) electrons. The molecule has 2 aromatic heterocycles. The van der Waals surface area contributed by atoms with Crippen LogP contribution in [0.1, 0.15) is 20.8 Å². The average Bonchev–Trinajstić information content (AvgIpc) is 3.12. The molecule has 8 heteroatoms. The number of aromatic nitrogens is 2. The molecule has 0 aliphatic carbocycles. The zero-order valence-corrected chi connectivity index (χ0v) is 18.6. The molecule has 0 saturated heterocycles. The second-order valence-electron chi connectivity index (χ2n) is 6.80. The predicted molar refractivity (Wildman–Crippen MR) is 124 cm³/mol. The molecule has 2 heterocycles. The van der Waals surface area contributed by atoms with Gasteiger partial charge in [0.05, 0.1) is 24.1 Å². The fraction of sp³-hybridized carbons (Fsp3) is 0.174. The molecule has 4 rings (SSSR count). The standard InChI is InChI=1S/C23H20ClN3O3S/c1-14-19-21(27-16-8-9-18(29-2)17(24)12-16)25-13-26-22(19)31-20(14)23(28)30-11-10-15-6-4-3-5-7-15/h3-9,12-13H,10-11H2,1-2H3,(H,25,26,27). The van der Waals surface area contributed by atoms with E-state index in [1.54, 1.807) is 19.2 Å². The summed E-state index contributed by atoms with van der Waals surface area (Å²) in [5.41, 5.74) is 2.66. The van der Waals surface area contributed by atoms with Crippen molar-refractivity contribution >= 4 is 50.6 Å². The summed E-state index contributed by atoms with van der Waals surface area (Å²) in [4.78, 5) is 22.6. The number of rotatable bonds is 7. The monoisotopic (exact) mass is 453 g/mol. The van der Waals surface area contributed by atoms with Gasteiger partial charge in [-0.15, -0.1) is 11.3 Å². The minimum absolute atomic E-state index is 0.317. The van der Waals surface area contributed by atoms with Crippen LogP contribution in [-0.2, 0) is 11.2 Å². The maximum Gasteiger partial charge on any atom is 0.348 e. The van der Waals surface area contributed by atoms with Gasteiger partial charge in [0.2, 0.25) is 0 Å². The second kappa shape index (κ2) is 9.32. The van der Waals surface area contributed by atoms with E-state index in [-0.39, 0.29) is 5.97 Å². The van der Waals surface area contributed by atoms with Crippen LogP contribution in [0.25, 0.3) is 10.2 Å². The van der Waals surface area contributed by atoms with Gasteiger partial charge >= 0.3 is 5.97 Å². The SMILES string of the molecule is COc1ccc(Nc2ncnc3sc(C(=O)OCCc4ccccc4)c(C)c23)cc1Cl. The molecule has 0 fully saturated rings. The Morgan fingerprint density at radius 3 is 2.71 bits per heavy atom. The lowest BCUT2D eigenvalue weighted by Gasteiger charge is -2.09. The van der Waals surface area contributed by atoms with E-state index in [1.165, 1.54) is 17.7 Å². The molecule has 0 bridgehead atoms. The van der Waals surface area contributed by atoms with Crippen LogP contribution in [0.15, 0.2) is 54.9 Å². The van der Waals surface area contributed by atoms with E-state index in [0.29, 0.717) is 39.3 Å². The molecule has 0 atom stereocenters. The number of esters is 1. The van der Waals surface area contributed by atoms with Gasteiger partial charge in [-0.1, -0.05) is 41.9 Å². The summed E-state index contributed by atoms with van der Waals surface area (Å²) < 4.78 is 10.7. The molecule has 0 aliphatic heterocycles. The number of hydrogen-bond donors (Lipinski definition) is 1. The van der Waals surface area contributed by atoms with Crippen molar-refractivity contribution in [3.63, 3.8) is 0 Å². The van der Waals surface area contributed by atoms with Gasteiger partial charge in [0.25, 0.3) is 0 Å². The van der Waals surface area contributed by atoms with Gasteiger partial charge in [-0.2, -0.15) is 0 Å². The number of hydrogen-bond acceptors (Lipinski definition) is 7. The van der Waals surface area contributed by atoms with Gasteiger partial charge in [-0.25, -0.2) is 14.8 Å². The summed E-state index contributed by atoms with van der Waals surface area (Å²) in [6, 6.07) is 15.3. The first-order valence-corrected chi connectivity index (χ1v) is 10.8. The van der Waals surface area contributed by atoms with Crippen LogP contribution in [0.3, 0.4) is 0 Å². The van der Waals surface area contributed by atoms with Gasteiger partial charge in [0.15, 0.2) is 0 Å². The lowest BCUT2D eigenvalue weighted by atomic mass is 10.2. The molecule has 1 N–H and O–H groups in total. The third-order valence-corrected chi connectivity index (χ3v) is 6.27. The second-order valence-corrected chi connectivity index (χ2v) is 8.21. The first kappa shape index (κ1) is 21.1. The minimum atomic E-state index is -0.352. The quantitative estimate of drug-likeness (QED) is 0.356. The third kappa shape index (κ3) is 4.62. The maximum atomic E-state index is 12.7. The van der Waals surface area contributed by atoms with Gasteiger partial charge in [0, 0.05) is 12.1 Å². The van der Waals surface area contributed by atoms with Crippen LogP contribution in [-0.4, -0.2) is 29.7 Å². The fourth-order valence-corrected chi connectivity index (χ4v) is 4.51. The molecule has 4 aromatic rings. The molecule has 0 saturated carbocycles. The zero-order valence-electron chi connectivity index (χ0n) is 17.0. The number of aryl methyl sites for hydroxylation is 1. The molecule has 0 aliphatic rings. The largest absolute Gasteiger partial charge is 0.495 e. The van der Waals surface area contributed by atoms with Crippen molar-refractivity contribution in [2.75, 3.05) is 19.0 Å². The summed E-state index contributed by atoms with van der Waals surface area (Å²) >= 11 is 7.53. The Hall–Kier alpha value is -3.16. The first-order chi connectivity index (χ1) is 15.1.